The molecular weight excluding hydrogens is 499 g/mol. The molecule has 2 aromatic carbocycles. The van der Waals surface area contributed by atoms with Crippen LogP contribution in [0.5, 0.6) is 5.75 Å². The molecule has 0 saturated heterocycles. The molecule has 0 N–H and O–H groups in total. The molecule has 4 rings (SSSR count). The second kappa shape index (κ2) is 9.26. The Morgan fingerprint density at radius 2 is 1.83 bits per heavy atom. The lowest BCUT2D eigenvalue weighted by Crippen LogP contribution is -2.40. The number of hydrogen-bond donors (Lipinski definition) is 0. The van der Waals surface area contributed by atoms with E-state index in [1.54, 1.807) is 12.1 Å². The van der Waals surface area contributed by atoms with Crippen LogP contribution in [0.4, 0.5) is 13.2 Å². The van der Waals surface area contributed by atoms with Gasteiger partial charge in [-0.3, -0.25) is 9.36 Å². The molecule has 0 fully saturated rings. The Balaban J connectivity index is 1.90. The van der Waals surface area contributed by atoms with Gasteiger partial charge < -0.3 is 9.47 Å². The van der Waals surface area contributed by atoms with Crippen molar-refractivity contribution < 1.29 is 27.4 Å². The van der Waals surface area contributed by atoms with Crippen LogP contribution in [0.15, 0.2) is 46.0 Å². The van der Waals surface area contributed by atoms with Gasteiger partial charge in [-0.1, -0.05) is 6.07 Å². The smallest absolute Gasteiger partial charge is 0.431 e. The van der Waals surface area contributed by atoms with Crippen LogP contribution in [-0.2, 0) is 22.8 Å². The standard InChI is InChI=1S/C24H20F3N3O5S/c1-12-5-7-15(22(13(12)2)35-11-20(32)34-4)21-16-9-14(6-8-17(16)36-28-21)30-19(31)10-18(24(25,26)27)29(3)23(30)33/h5-10H,11H2,1-4H3. The molecule has 0 atom stereocenters. The number of alkyl halides is 3. The number of halogens is 3. The third kappa shape index (κ3) is 4.39. The number of benzene rings is 2. The molecule has 0 unspecified atom stereocenters. The molecule has 2 aromatic heterocycles. The second-order valence-electron chi connectivity index (χ2n) is 8.00. The van der Waals surface area contributed by atoms with E-state index in [0.717, 1.165) is 29.7 Å². The van der Waals surface area contributed by atoms with Gasteiger partial charge in [0, 0.05) is 24.1 Å². The third-order valence-corrected chi connectivity index (χ3v) is 6.64. The first-order valence-corrected chi connectivity index (χ1v) is 11.3. The monoisotopic (exact) mass is 519 g/mol. The van der Waals surface area contributed by atoms with Crippen LogP contribution in [0.25, 0.3) is 27.0 Å². The van der Waals surface area contributed by atoms with Crippen molar-refractivity contribution in [3.8, 4) is 22.7 Å². The number of nitrogens with zero attached hydrogens (tertiary/aromatic N) is 3. The maximum atomic E-state index is 13.2. The summed E-state index contributed by atoms with van der Waals surface area (Å²) in [6.45, 7) is 3.39. The molecule has 0 amide bonds. The summed E-state index contributed by atoms with van der Waals surface area (Å²) in [7, 11) is 2.20. The van der Waals surface area contributed by atoms with Gasteiger partial charge in [-0.25, -0.2) is 14.2 Å². The van der Waals surface area contributed by atoms with Crippen molar-refractivity contribution in [1.82, 2.24) is 13.5 Å². The number of aryl methyl sites for hydroxylation is 1. The van der Waals surface area contributed by atoms with Crippen molar-refractivity contribution in [3.05, 3.63) is 74.1 Å². The zero-order valence-corrected chi connectivity index (χ0v) is 20.4. The van der Waals surface area contributed by atoms with Gasteiger partial charge in [0.15, 0.2) is 6.61 Å². The van der Waals surface area contributed by atoms with Gasteiger partial charge in [0.05, 0.1) is 23.2 Å². The molecule has 0 aliphatic carbocycles. The molecular formula is C24H20F3N3O5S. The lowest BCUT2D eigenvalue weighted by molar-refractivity contribution is -0.144. The number of aromatic nitrogens is 3. The van der Waals surface area contributed by atoms with Crippen molar-refractivity contribution in [1.29, 1.82) is 0 Å². The van der Waals surface area contributed by atoms with Gasteiger partial charge in [-0.05, 0) is 60.8 Å². The first kappa shape index (κ1) is 25.2. The maximum Gasteiger partial charge on any atom is 0.431 e. The van der Waals surface area contributed by atoms with Crippen molar-refractivity contribution in [2.45, 2.75) is 20.0 Å². The van der Waals surface area contributed by atoms with Crippen molar-refractivity contribution in [2.75, 3.05) is 13.7 Å². The zero-order chi connectivity index (χ0) is 26.4. The Morgan fingerprint density at radius 1 is 1.11 bits per heavy atom. The molecule has 0 aliphatic heterocycles. The van der Waals surface area contributed by atoms with Crippen LogP contribution >= 0.6 is 11.5 Å². The molecule has 188 valence electrons. The first-order chi connectivity index (χ1) is 16.9. The predicted octanol–water partition coefficient (Wildman–Crippen LogP) is 4.00. The summed E-state index contributed by atoms with van der Waals surface area (Å²) in [6, 6.07) is 8.64. The van der Waals surface area contributed by atoms with Gasteiger partial charge in [-0.15, -0.1) is 0 Å². The van der Waals surface area contributed by atoms with E-state index in [1.165, 1.54) is 19.2 Å². The number of ether oxygens (including phenoxy) is 2. The van der Waals surface area contributed by atoms with Gasteiger partial charge in [0.25, 0.3) is 5.56 Å². The van der Waals surface area contributed by atoms with E-state index in [0.29, 0.717) is 42.3 Å². The number of carbonyl (C=O) groups is 1. The Kier molecular flexibility index (Phi) is 6.48. The van der Waals surface area contributed by atoms with E-state index in [4.69, 9.17) is 4.74 Å². The highest BCUT2D eigenvalue weighted by atomic mass is 32.1. The average molecular weight is 520 g/mol. The second-order valence-corrected chi connectivity index (χ2v) is 8.81. The van der Waals surface area contributed by atoms with Crippen molar-refractivity contribution in [2.24, 2.45) is 7.05 Å². The number of rotatable bonds is 5. The van der Waals surface area contributed by atoms with E-state index < -0.39 is 29.1 Å². The molecule has 0 aliphatic rings. The third-order valence-electron chi connectivity index (χ3n) is 5.82. The van der Waals surface area contributed by atoms with E-state index in [1.807, 2.05) is 19.9 Å². The fourth-order valence-electron chi connectivity index (χ4n) is 3.75. The average Bonchev–Trinajstić information content (AvgIpc) is 3.24. The Hall–Kier alpha value is -3.93. The SMILES string of the molecule is COC(=O)COc1c(-c2nsc3ccc(-n4c(=O)cc(C(F)(F)F)n(C)c4=O)cc23)ccc(C)c1C. The number of hydrogen-bond acceptors (Lipinski definition) is 7. The fraction of sp³-hybridized carbons (Fsp3) is 0.250. The van der Waals surface area contributed by atoms with Crippen molar-refractivity contribution >= 4 is 27.6 Å². The fourth-order valence-corrected chi connectivity index (χ4v) is 4.52. The number of carbonyl (C=O) groups excluding carboxylic acids is 1. The highest BCUT2D eigenvalue weighted by Gasteiger charge is 2.35. The summed E-state index contributed by atoms with van der Waals surface area (Å²) >= 11 is 1.16. The Labute approximate surface area is 206 Å². The van der Waals surface area contributed by atoms with Crippen molar-refractivity contribution in [3.63, 3.8) is 0 Å². The summed E-state index contributed by atoms with van der Waals surface area (Å²) in [4.78, 5) is 37.0. The molecule has 0 bridgehead atoms. The summed E-state index contributed by atoms with van der Waals surface area (Å²) in [5.41, 5.74) is -0.760. The Morgan fingerprint density at radius 3 is 2.50 bits per heavy atom. The topological polar surface area (TPSA) is 92.4 Å². The zero-order valence-electron chi connectivity index (χ0n) is 19.6. The number of methoxy groups -OCH3 is 1. The lowest BCUT2D eigenvalue weighted by Gasteiger charge is -2.15. The number of fused-ring (bicyclic) bond motifs is 1. The molecule has 4 aromatic rings. The minimum Gasteiger partial charge on any atom is -0.481 e. The molecule has 8 nitrogen and oxygen atoms in total. The highest BCUT2D eigenvalue weighted by Crippen LogP contribution is 2.39. The van der Waals surface area contributed by atoms with Crippen LogP contribution in [0.2, 0.25) is 0 Å². The van der Waals surface area contributed by atoms with Gasteiger partial charge in [0.2, 0.25) is 0 Å². The maximum absolute atomic E-state index is 13.2. The minimum atomic E-state index is -4.86. The molecule has 0 spiro atoms. The first-order valence-electron chi connectivity index (χ1n) is 10.5. The minimum absolute atomic E-state index is 0.0872. The van der Waals surface area contributed by atoms with Crippen LogP contribution in [0.1, 0.15) is 16.8 Å². The van der Waals surface area contributed by atoms with E-state index in [9.17, 15) is 27.6 Å². The van der Waals surface area contributed by atoms with Crippen LogP contribution < -0.4 is 16.0 Å². The quantitative estimate of drug-likeness (QED) is 0.370. The summed E-state index contributed by atoms with van der Waals surface area (Å²) in [6.07, 6.45) is -4.86. The molecule has 36 heavy (non-hydrogen) atoms. The Bertz CT molecular complexity index is 1620. The largest absolute Gasteiger partial charge is 0.481 e. The normalized spacial score (nSPS) is 11.6. The molecule has 0 radical (unpaired) electrons. The highest BCUT2D eigenvalue weighted by molar-refractivity contribution is 7.13. The van der Waals surface area contributed by atoms with Gasteiger partial charge in [-0.2, -0.15) is 17.5 Å². The molecule has 12 heteroatoms. The summed E-state index contributed by atoms with van der Waals surface area (Å²) in [5.74, 6) is -0.148. The van der Waals surface area contributed by atoms with Gasteiger partial charge in [0.1, 0.15) is 11.4 Å². The molecule has 0 saturated carbocycles. The van der Waals surface area contributed by atoms with Crippen LogP contribution in [-0.4, -0.2) is 33.2 Å². The van der Waals surface area contributed by atoms with Crippen LogP contribution in [0.3, 0.4) is 0 Å². The van der Waals surface area contributed by atoms with E-state index >= 15 is 0 Å². The summed E-state index contributed by atoms with van der Waals surface area (Å²) in [5, 5.41) is 0.553. The van der Waals surface area contributed by atoms with Gasteiger partial charge >= 0.3 is 17.8 Å². The molecule has 2 heterocycles. The summed E-state index contributed by atoms with van der Waals surface area (Å²) < 4.78 is 56.4. The van der Waals surface area contributed by atoms with E-state index in [-0.39, 0.29) is 12.3 Å². The lowest BCUT2D eigenvalue weighted by atomic mass is 10.00. The van der Waals surface area contributed by atoms with E-state index in [2.05, 4.69) is 9.11 Å². The van der Waals surface area contributed by atoms with Crippen LogP contribution in [0, 0.1) is 13.8 Å². The predicted molar refractivity (Wildman–Crippen MR) is 128 cm³/mol. The number of esters is 1.